The monoisotopic (exact) mass is 225 g/mol. The second-order valence-electron chi connectivity index (χ2n) is 4.75. The van der Waals surface area contributed by atoms with Crippen LogP contribution < -0.4 is 0 Å². The van der Waals surface area contributed by atoms with Crippen LogP contribution >= 0.6 is 0 Å². The van der Waals surface area contributed by atoms with E-state index in [0.717, 1.165) is 25.1 Å². The molecule has 2 rings (SSSR count). The molecule has 0 saturated carbocycles. The zero-order valence-corrected chi connectivity index (χ0v) is 9.71. The molecule has 0 bridgehead atoms. The predicted molar refractivity (Wildman–Crippen MR) is 60.4 cm³/mol. The summed E-state index contributed by atoms with van der Waals surface area (Å²) < 4.78 is 25.9. The van der Waals surface area contributed by atoms with Crippen molar-refractivity contribution in [3.8, 4) is 0 Å². The van der Waals surface area contributed by atoms with Gasteiger partial charge in [0.15, 0.2) is 11.6 Å². The van der Waals surface area contributed by atoms with Crippen molar-refractivity contribution in [3.63, 3.8) is 0 Å². The molecule has 0 aliphatic carbocycles. The largest absolute Gasteiger partial charge is 0.300 e. The molecule has 1 fully saturated rings. The van der Waals surface area contributed by atoms with Gasteiger partial charge in [-0.15, -0.1) is 0 Å². The van der Waals surface area contributed by atoms with Crippen LogP contribution in [0.1, 0.15) is 31.7 Å². The molecule has 1 atom stereocenters. The number of rotatable bonds is 2. The minimum atomic E-state index is -0.762. The molecule has 0 radical (unpaired) electrons. The number of nitrogens with zero attached hydrogens (tertiary/aromatic N) is 1. The average Bonchev–Trinajstić information content (AvgIpc) is 2.71. The Kier molecular flexibility index (Phi) is 3.24. The van der Waals surface area contributed by atoms with Gasteiger partial charge in [-0.1, -0.05) is 6.07 Å². The van der Waals surface area contributed by atoms with Gasteiger partial charge in [-0.05, 0) is 50.4 Å². The molecule has 1 nitrogen and oxygen atoms in total. The lowest BCUT2D eigenvalue weighted by atomic mass is 9.98. The van der Waals surface area contributed by atoms with Crippen LogP contribution in [0.25, 0.3) is 0 Å². The summed E-state index contributed by atoms with van der Waals surface area (Å²) in [7, 11) is 0. The Hall–Kier alpha value is -0.960. The van der Waals surface area contributed by atoms with E-state index in [1.165, 1.54) is 12.1 Å². The van der Waals surface area contributed by atoms with Crippen molar-refractivity contribution in [1.29, 1.82) is 0 Å². The minimum absolute atomic E-state index is 0.345. The van der Waals surface area contributed by atoms with E-state index in [4.69, 9.17) is 0 Å². The first-order valence-corrected chi connectivity index (χ1v) is 5.77. The normalized spacial score (nSPS) is 21.9. The molecule has 1 aromatic carbocycles. The molecule has 1 aliphatic heterocycles. The van der Waals surface area contributed by atoms with Crippen LogP contribution in [0.3, 0.4) is 0 Å². The number of likely N-dealkylation sites (tertiary alicyclic amines) is 1. The Morgan fingerprint density at radius 1 is 1.25 bits per heavy atom. The van der Waals surface area contributed by atoms with Crippen molar-refractivity contribution in [2.75, 3.05) is 13.1 Å². The first kappa shape index (κ1) is 11.5. The van der Waals surface area contributed by atoms with Gasteiger partial charge < -0.3 is 4.90 Å². The van der Waals surface area contributed by atoms with Gasteiger partial charge in [-0.25, -0.2) is 8.78 Å². The van der Waals surface area contributed by atoms with Crippen LogP contribution in [0.5, 0.6) is 0 Å². The van der Waals surface area contributed by atoms with Gasteiger partial charge in [-0.3, -0.25) is 0 Å². The van der Waals surface area contributed by atoms with E-state index in [-0.39, 0.29) is 0 Å². The van der Waals surface area contributed by atoms with E-state index in [1.54, 1.807) is 6.07 Å². The van der Waals surface area contributed by atoms with E-state index < -0.39 is 11.6 Å². The molecule has 1 heterocycles. The molecule has 0 N–H and O–H groups in total. The molecule has 1 unspecified atom stereocenters. The van der Waals surface area contributed by atoms with E-state index >= 15 is 0 Å². The van der Waals surface area contributed by atoms with Crippen molar-refractivity contribution in [2.45, 2.75) is 32.2 Å². The topological polar surface area (TPSA) is 3.24 Å². The Morgan fingerprint density at radius 2 is 2.00 bits per heavy atom. The summed E-state index contributed by atoms with van der Waals surface area (Å²) >= 11 is 0. The van der Waals surface area contributed by atoms with E-state index in [9.17, 15) is 8.78 Å². The first-order valence-electron chi connectivity index (χ1n) is 5.77. The second-order valence-corrected chi connectivity index (χ2v) is 4.75. The zero-order chi connectivity index (χ0) is 11.7. The molecule has 0 aromatic heterocycles. The Morgan fingerprint density at radius 3 is 2.56 bits per heavy atom. The van der Waals surface area contributed by atoms with Gasteiger partial charge in [0.1, 0.15) is 0 Å². The lowest BCUT2D eigenvalue weighted by molar-refractivity contribution is 0.272. The molecule has 3 heteroatoms. The number of benzene rings is 1. The van der Waals surface area contributed by atoms with E-state index in [1.807, 2.05) is 0 Å². The van der Waals surface area contributed by atoms with Crippen LogP contribution in [0.15, 0.2) is 18.2 Å². The molecule has 0 amide bonds. The Balaban J connectivity index is 2.11. The van der Waals surface area contributed by atoms with Gasteiger partial charge in [0.25, 0.3) is 0 Å². The molecular weight excluding hydrogens is 208 g/mol. The van der Waals surface area contributed by atoms with Crippen molar-refractivity contribution >= 4 is 0 Å². The summed E-state index contributed by atoms with van der Waals surface area (Å²) in [6, 6.07) is 4.79. The van der Waals surface area contributed by atoms with Crippen LogP contribution in [-0.4, -0.2) is 24.0 Å². The van der Waals surface area contributed by atoms with Crippen LogP contribution in [0.4, 0.5) is 8.78 Å². The van der Waals surface area contributed by atoms with Gasteiger partial charge >= 0.3 is 0 Å². The number of hydrogen-bond acceptors (Lipinski definition) is 1. The maximum absolute atomic E-state index is 13.1. The number of halogens is 2. The van der Waals surface area contributed by atoms with Gasteiger partial charge in [-0.2, -0.15) is 0 Å². The molecule has 0 spiro atoms. The van der Waals surface area contributed by atoms with Crippen molar-refractivity contribution in [2.24, 2.45) is 0 Å². The molecule has 1 aromatic rings. The molecule has 88 valence electrons. The highest BCUT2D eigenvalue weighted by Crippen LogP contribution is 2.29. The molecule has 1 saturated heterocycles. The quantitative estimate of drug-likeness (QED) is 0.747. The van der Waals surface area contributed by atoms with Crippen molar-refractivity contribution in [1.82, 2.24) is 4.90 Å². The fraction of sp³-hybridized carbons (Fsp3) is 0.538. The number of hydrogen-bond donors (Lipinski definition) is 0. The Labute approximate surface area is 95.1 Å². The second kappa shape index (κ2) is 4.50. The molecular formula is C13H17F2N. The maximum atomic E-state index is 13.1. The van der Waals surface area contributed by atoms with Crippen LogP contribution in [0.2, 0.25) is 0 Å². The summed E-state index contributed by atoms with van der Waals surface area (Å²) in [6.07, 6.45) is 1.03. The summed E-state index contributed by atoms with van der Waals surface area (Å²) in [5.74, 6) is -1.15. The molecule has 16 heavy (non-hydrogen) atoms. The fourth-order valence-electron chi connectivity index (χ4n) is 2.29. The standard InChI is InChI=1S/C13H17F2N/c1-9(2)16-6-5-11(8-16)10-3-4-12(14)13(15)7-10/h3-4,7,9,11H,5-6,8H2,1-2H3. The SMILES string of the molecule is CC(C)N1CCC(c2ccc(F)c(F)c2)C1. The van der Waals surface area contributed by atoms with Gasteiger partial charge in [0.05, 0.1) is 0 Å². The third-order valence-corrected chi connectivity index (χ3v) is 3.37. The third kappa shape index (κ3) is 2.24. The highest BCUT2D eigenvalue weighted by atomic mass is 19.2. The fourth-order valence-corrected chi connectivity index (χ4v) is 2.29. The highest BCUT2D eigenvalue weighted by Gasteiger charge is 2.25. The summed E-state index contributed by atoms with van der Waals surface area (Å²) in [4.78, 5) is 2.37. The van der Waals surface area contributed by atoms with E-state index in [2.05, 4.69) is 18.7 Å². The molecule has 1 aliphatic rings. The Bertz CT molecular complexity index is 376. The third-order valence-electron chi connectivity index (χ3n) is 3.37. The van der Waals surface area contributed by atoms with E-state index in [0.29, 0.717) is 12.0 Å². The van der Waals surface area contributed by atoms with Gasteiger partial charge in [0.2, 0.25) is 0 Å². The lowest BCUT2D eigenvalue weighted by Crippen LogP contribution is -2.27. The first-order chi connectivity index (χ1) is 7.58. The smallest absolute Gasteiger partial charge is 0.159 e. The maximum Gasteiger partial charge on any atom is 0.159 e. The summed E-state index contributed by atoms with van der Waals surface area (Å²) in [5.41, 5.74) is 0.919. The highest BCUT2D eigenvalue weighted by molar-refractivity contribution is 5.23. The van der Waals surface area contributed by atoms with Crippen molar-refractivity contribution < 1.29 is 8.78 Å². The van der Waals surface area contributed by atoms with Crippen LogP contribution in [-0.2, 0) is 0 Å². The predicted octanol–water partition coefficient (Wildman–Crippen LogP) is 3.16. The lowest BCUT2D eigenvalue weighted by Gasteiger charge is -2.20. The van der Waals surface area contributed by atoms with Gasteiger partial charge in [0, 0.05) is 12.6 Å². The van der Waals surface area contributed by atoms with Crippen LogP contribution in [0, 0.1) is 11.6 Å². The zero-order valence-electron chi connectivity index (χ0n) is 9.71. The summed E-state index contributed by atoms with van der Waals surface area (Å²) in [5, 5.41) is 0. The van der Waals surface area contributed by atoms with Crippen molar-refractivity contribution in [3.05, 3.63) is 35.4 Å². The summed E-state index contributed by atoms with van der Waals surface area (Å²) in [6.45, 7) is 6.31. The minimum Gasteiger partial charge on any atom is -0.300 e. The average molecular weight is 225 g/mol.